The summed E-state index contributed by atoms with van der Waals surface area (Å²) in [7, 11) is 1.64. The molecule has 0 aliphatic heterocycles. The summed E-state index contributed by atoms with van der Waals surface area (Å²) in [5.41, 5.74) is 3.46. The number of imidazole rings is 1. The first-order chi connectivity index (χ1) is 11.7. The molecule has 4 rings (SSSR count). The third-order valence-electron chi connectivity index (χ3n) is 3.70. The van der Waals surface area contributed by atoms with Crippen molar-refractivity contribution in [2.24, 2.45) is 0 Å². The van der Waals surface area contributed by atoms with Crippen LogP contribution in [-0.2, 0) is 0 Å². The number of methoxy groups -OCH3 is 1. The van der Waals surface area contributed by atoms with E-state index < -0.39 is 0 Å². The van der Waals surface area contributed by atoms with Crippen LogP contribution >= 0.6 is 0 Å². The summed E-state index contributed by atoms with van der Waals surface area (Å²) in [4.78, 5) is 8.92. The lowest BCUT2D eigenvalue weighted by Crippen LogP contribution is -2.03. The lowest BCUT2D eigenvalue weighted by Gasteiger charge is -2.06. The van der Waals surface area contributed by atoms with Gasteiger partial charge in [0.05, 0.1) is 30.8 Å². The number of hydrogen-bond acceptors (Lipinski definition) is 6. The molecule has 0 saturated heterocycles. The number of benzene rings is 1. The third-order valence-corrected chi connectivity index (χ3v) is 3.70. The van der Waals surface area contributed by atoms with Gasteiger partial charge >= 0.3 is 0 Å². The van der Waals surface area contributed by atoms with Crippen molar-refractivity contribution >= 4 is 17.2 Å². The average molecular weight is 321 g/mol. The molecule has 3 aromatic heterocycles. The summed E-state index contributed by atoms with van der Waals surface area (Å²) < 4.78 is 12.1. The molecule has 7 nitrogen and oxygen atoms in total. The Balaban J connectivity index is 1.73. The predicted octanol–water partition coefficient (Wildman–Crippen LogP) is 3.44. The number of aromatic nitrogens is 4. The van der Waals surface area contributed by atoms with Crippen LogP contribution in [0, 0.1) is 6.92 Å². The lowest BCUT2D eigenvalue weighted by atomic mass is 10.3. The minimum atomic E-state index is 0.481. The monoisotopic (exact) mass is 321 g/mol. The number of rotatable bonds is 4. The summed E-state index contributed by atoms with van der Waals surface area (Å²) in [5, 5.41) is 7.73. The zero-order valence-electron chi connectivity index (χ0n) is 13.2. The number of ether oxygens (including phenoxy) is 1. The van der Waals surface area contributed by atoms with Crippen LogP contribution in [0.4, 0.5) is 11.6 Å². The van der Waals surface area contributed by atoms with E-state index in [9.17, 15) is 0 Å². The van der Waals surface area contributed by atoms with Gasteiger partial charge in [0.25, 0.3) is 0 Å². The minimum absolute atomic E-state index is 0.481. The van der Waals surface area contributed by atoms with Crippen LogP contribution < -0.4 is 10.1 Å². The van der Waals surface area contributed by atoms with Crippen molar-refractivity contribution < 1.29 is 9.15 Å². The number of aryl methyl sites for hydroxylation is 1. The van der Waals surface area contributed by atoms with Crippen molar-refractivity contribution in [3.8, 4) is 17.1 Å². The highest BCUT2D eigenvalue weighted by Crippen LogP contribution is 2.23. The molecule has 1 aromatic carbocycles. The molecule has 0 fully saturated rings. The van der Waals surface area contributed by atoms with Gasteiger partial charge < -0.3 is 14.5 Å². The maximum absolute atomic E-state index is 5.16. The van der Waals surface area contributed by atoms with Crippen LogP contribution in [0.2, 0.25) is 0 Å². The molecule has 0 aliphatic rings. The van der Waals surface area contributed by atoms with Gasteiger partial charge in [-0.15, -0.1) is 5.10 Å². The molecule has 0 radical (unpaired) electrons. The summed E-state index contributed by atoms with van der Waals surface area (Å²) in [6.45, 7) is 1.93. The van der Waals surface area contributed by atoms with E-state index in [1.165, 1.54) is 0 Å². The van der Waals surface area contributed by atoms with Crippen LogP contribution in [0.5, 0.6) is 5.75 Å². The molecule has 7 heteroatoms. The first-order valence-electron chi connectivity index (χ1n) is 7.40. The molecule has 0 amide bonds. The standard InChI is InChI=1S/C17H15N5O2/c1-11-15-9-18-17(20-13-3-5-14(23-2)6-4-13)21-22(15)16(19-11)12-7-8-24-10-12/h3-10H,1-2H3,(H,20,21). The summed E-state index contributed by atoms with van der Waals surface area (Å²) in [6, 6.07) is 9.41. The van der Waals surface area contributed by atoms with E-state index in [0.29, 0.717) is 5.95 Å². The second-order valence-corrected chi connectivity index (χ2v) is 5.27. The topological polar surface area (TPSA) is 77.5 Å². The Kier molecular flexibility index (Phi) is 3.38. The van der Waals surface area contributed by atoms with Gasteiger partial charge in [0.1, 0.15) is 17.5 Å². The quantitative estimate of drug-likeness (QED) is 0.620. The lowest BCUT2D eigenvalue weighted by molar-refractivity contribution is 0.415. The molecule has 0 atom stereocenters. The van der Waals surface area contributed by atoms with Gasteiger partial charge in [-0.2, -0.15) is 0 Å². The molecule has 0 aliphatic carbocycles. The number of hydrogen-bond donors (Lipinski definition) is 1. The average Bonchev–Trinajstić information content (AvgIpc) is 3.24. The SMILES string of the molecule is COc1ccc(Nc2ncc3c(C)nc(-c4ccoc4)n3n2)cc1. The smallest absolute Gasteiger partial charge is 0.245 e. The third kappa shape index (κ3) is 2.45. The highest BCUT2D eigenvalue weighted by molar-refractivity contribution is 5.64. The first kappa shape index (κ1) is 14.3. The van der Waals surface area contributed by atoms with Gasteiger partial charge in [-0.05, 0) is 37.3 Å². The van der Waals surface area contributed by atoms with Crippen molar-refractivity contribution in [2.75, 3.05) is 12.4 Å². The fourth-order valence-corrected chi connectivity index (χ4v) is 2.46. The predicted molar refractivity (Wildman–Crippen MR) is 89.5 cm³/mol. The van der Waals surface area contributed by atoms with Crippen molar-refractivity contribution in [3.63, 3.8) is 0 Å². The van der Waals surface area contributed by atoms with Gasteiger partial charge in [0, 0.05) is 5.69 Å². The Morgan fingerprint density at radius 3 is 2.71 bits per heavy atom. The van der Waals surface area contributed by atoms with Crippen LogP contribution in [0.15, 0.2) is 53.5 Å². The largest absolute Gasteiger partial charge is 0.497 e. The van der Waals surface area contributed by atoms with Crippen LogP contribution in [0.3, 0.4) is 0 Å². The molecule has 1 N–H and O–H groups in total. The Morgan fingerprint density at radius 1 is 1.17 bits per heavy atom. The molecule has 0 spiro atoms. The van der Waals surface area contributed by atoms with Gasteiger partial charge in [-0.25, -0.2) is 14.5 Å². The van der Waals surface area contributed by atoms with E-state index >= 15 is 0 Å². The van der Waals surface area contributed by atoms with E-state index in [-0.39, 0.29) is 0 Å². The van der Waals surface area contributed by atoms with E-state index in [0.717, 1.165) is 34.0 Å². The maximum atomic E-state index is 5.16. The normalized spacial score (nSPS) is 10.9. The molecule has 120 valence electrons. The van der Waals surface area contributed by atoms with Gasteiger partial charge in [0.2, 0.25) is 5.95 Å². The maximum Gasteiger partial charge on any atom is 0.245 e. The molecule has 3 heterocycles. The number of anilines is 2. The summed E-state index contributed by atoms with van der Waals surface area (Å²) in [5.74, 6) is 2.00. The van der Waals surface area contributed by atoms with Crippen molar-refractivity contribution in [3.05, 3.63) is 54.7 Å². The molecular weight excluding hydrogens is 306 g/mol. The molecule has 0 unspecified atom stereocenters. The van der Waals surface area contributed by atoms with Crippen molar-refractivity contribution in [2.45, 2.75) is 6.92 Å². The summed E-state index contributed by atoms with van der Waals surface area (Å²) in [6.07, 6.45) is 5.01. The van der Waals surface area contributed by atoms with Crippen LogP contribution in [0.25, 0.3) is 16.9 Å². The van der Waals surface area contributed by atoms with Crippen LogP contribution in [0.1, 0.15) is 5.69 Å². The fourth-order valence-electron chi connectivity index (χ4n) is 2.46. The minimum Gasteiger partial charge on any atom is -0.497 e. The Labute approximate surface area is 137 Å². The Bertz CT molecular complexity index is 974. The number of nitrogens with one attached hydrogen (secondary N) is 1. The second kappa shape index (κ2) is 5.69. The van der Waals surface area contributed by atoms with Gasteiger partial charge in [0.15, 0.2) is 5.82 Å². The summed E-state index contributed by atoms with van der Waals surface area (Å²) >= 11 is 0. The number of fused-ring (bicyclic) bond motifs is 1. The molecule has 0 bridgehead atoms. The van der Waals surface area contributed by atoms with Crippen molar-refractivity contribution in [1.29, 1.82) is 0 Å². The number of nitrogens with zero attached hydrogens (tertiary/aromatic N) is 4. The molecular formula is C17H15N5O2. The molecule has 0 saturated carbocycles. The molecule has 24 heavy (non-hydrogen) atoms. The van der Waals surface area contributed by atoms with Crippen molar-refractivity contribution in [1.82, 2.24) is 19.6 Å². The highest BCUT2D eigenvalue weighted by atomic mass is 16.5. The van der Waals surface area contributed by atoms with E-state index in [1.807, 2.05) is 37.3 Å². The van der Waals surface area contributed by atoms with E-state index in [2.05, 4.69) is 20.4 Å². The highest BCUT2D eigenvalue weighted by Gasteiger charge is 2.13. The van der Waals surface area contributed by atoms with E-state index in [4.69, 9.17) is 9.15 Å². The second-order valence-electron chi connectivity index (χ2n) is 5.27. The molecule has 4 aromatic rings. The Hall–Kier alpha value is -3.35. The zero-order chi connectivity index (χ0) is 16.5. The van der Waals surface area contributed by atoms with Gasteiger partial charge in [-0.3, -0.25) is 0 Å². The fraction of sp³-hybridized carbons (Fsp3) is 0.118. The number of furan rings is 1. The van der Waals surface area contributed by atoms with E-state index in [1.54, 1.807) is 30.3 Å². The van der Waals surface area contributed by atoms with Crippen LogP contribution in [-0.4, -0.2) is 26.7 Å². The zero-order valence-corrected chi connectivity index (χ0v) is 13.2. The van der Waals surface area contributed by atoms with Gasteiger partial charge in [-0.1, -0.05) is 0 Å². The first-order valence-corrected chi connectivity index (χ1v) is 7.40. The Morgan fingerprint density at radius 2 is 2.00 bits per heavy atom.